The number of piperidine rings is 1. The molecule has 0 radical (unpaired) electrons. The second kappa shape index (κ2) is 6.15. The molecule has 4 heteroatoms. The normalized spacial score (nSPS) is 20.8. The molecule has 0 spiro atoms. The Hall–Kier alpha value is -1.06. The lowest BCUT2D eigenvalue weighted by atomic mass is 9.81. The molecule has 1 saturated heterocycles. The van der Waals surface area contributed by atoms with Crippen molar-refractivity contribution in [3.8, 4) is 0 Å². The summed E-state index contributed by atoms with van der Waals surface area (Å²) in [5.41, 5.74) is 0.601. The molecular weight excluding hydrogens is 274 g/mol. The summed E-state index contributed by atoms with van der Waals surface area (Å²) in [6.45, 7) is 8.60. The third-order valence-electron chi connectivity index (χ3n) is 3.44. The molecule has 1 fully saturated rings. The highest BCUT2D eigenvalue weighted by atomic mass is 35.5. The number of halogens is 1. The number of hydrogen-bond donors (Lipinski definition) is 1. The van der Waals surface area contributed by atoms with Gasteiger partial charge >= 0.3 is 5.97 Å². The van der Waals surface area contributed by atoms with Gasteiger partial charge in [-0.05, 0) is 39.8 Å². The number of ether oxygens (including phenoxy) is 1. The average molecular weight is 298 g/mol. The lowest BCUT2D eigenvalue weighted by Crippen LogP contribution is -2.59. The molecule has 0 bridgehead atoms. The van der Waals surface area contributed by atoms with Crippen LogP contribution in [0.5, 0.6) is 0 Å². The zero-order valence-corrected chi connectivity index (χ0v) is 13.4. The molecule has 1 aromatic rings. The van der Waals surface area contributed by atoms with E-state index in [-0.39, 0.29) is 35.6 Å². The fourth-order valence-corrected chi connectivity index (χ4v) is 3.11. The van der Waals surface area contributed by atoms with Gasteiger partial charge < -0.3 is 10.1 Å². The fourth-order valence-electron chi connectivity index (χ4n) is 3.11. The van der Waals surface area contributed by atoms with Gasteiger partial charge in [-0.15, -0.1) is 12.4 Å². The molecule has 1 aliphatic rings. The SMILES string of the molecule is CC1(C)CC(OC(=O)c2ccccc2)CC(C)(C)N1.Cl. The Morgan fingerprint density at radius 3 is 2.10 bits per heavy atom. The molecule has 0 saturated carbocycles. The molecular formula is C16H24ClNO2. The standard InChI is InChI=1S/C16H23NO2.ClH/c1-15(2)10-13(11-16(3,4)17-15)19-14(18)12-8-6-5-7-9-12;/h5-9,13,17H,10-11H2,1-4H3;1H. The van der Waals surface area contributed by atoms with Gasteiger partial charge in [-0.3, -0.25) is 0 Å². The summed E-state index contributed by atoms with van der Waals surface area (Å²) in [5, 5.41) is 3.58. The van der Waals surface area contributed by atoms with Gasteiger partial charge in [-0.2, -0.15) is 0 Å². The van der Waals surface area contributed by atoms with E-state index >= 15 is 0 Å². The molecule has 0 aliphatic carbocycles. The third-order valence-corrected chi connectivity index (χ3v) is 3.44. The molecule has 2 rings (SSSR count). The van der Waals surface area contributed by atoms with Gasteiger partial charge in [0.1, 0.15) is 6.10 Å². The zero-order valence-electron chi connectivity index (χ0n) is 12.6. The van der Waals surface area contributed by atoms with E-state index in [2.05, 4.69) is 33.0 Å². The van der Waals surface area contributed by atoms with Crippen LogP contribution in [-0.4, -0.2) is 23.2 Å². The Bertz CT molecular complexity index is 441. The van der Waals surface area contributed by atoms with Gasteiger partial charge in [0.2, 0.25) is 0 Å². The fraction of sp³-hybridized carbons (Fsp3) is 0.562. The summed E-state index contributed by atoms with van der Waals surface area (Å²) in [6, 6.07) is 9.19. The van der Waals surface area contributed by atoms with Crippen molar-refractivity contribution >= 4 is 18.4 Å². The van der Waals surface area contributed by atoms with Gasteiger partial charge in [0.15, 0.2) is 0 Å². The van der Waals surface area contributed by atoms with Gasteiger partial charge in [-0.25, -0.2) is 4.79 Å². The van der Waals surface area contributed by atoms with E-state index in [1.54, 1.807) is 12.1 Å². The topological polar surface area (TPSA) is 38.3 Å². The van der Waals surface area contributed by atoms with Crippen LogP contribution in [0.1, 0.15) is 50.9 Å². The molecule has 20 heavy (non-hydrogen) atoms. The van der Waals surface area contributed by atoms with Crippen molar-refractivity contribution in [2.45, 2.75) is 57.7 Å². The smallest absolute Gasteiger partial charge is 0.338 e. The highest BCUT2D eigenvalue weighted by Gasteiger charge is 2.39. The molecule has 1 heterocycles. The molecule has 3 nitrogen and oxygen atoms in total. The van der Waals surface area contributed by atoms with Crippen molar-refractivity contribution in [3.63, 3.8) is 0 Å². The molecule has 0 atom stereocenters. The first-order valence-corrected chi connectivity index (χ1v) is 6.83. The average Bonchev–Trinajstić information content (AvgIpc) is 2.25. The minimum absolute atomic E-state index is 0. The van der Waals surface area contributed by atoms with Crippen LogP contribution in [-0.2, 0) is 4.74 Å². The van der Waals surface area contributed by atoms with E-state index in [0.29, 0.717) is 5.56 Å². The maximum Gasteiger partial charge on any atom is 0.338 e. The predicted molar refractivity (Wildman–Crippen MR) is 83.4 cm³/mol. The molecule has 1 N–H and O–H groups in total. The number of hydrogen-bond acceptors (Lipinski definition) is 3. The van der Waals surface area contributed by atoms with Gasteiger partial charge in [0.05, 0.1) is 5.56 Å². The lowest BCUT2D eigenvalue weighted by Gasteiger charge is -2.45. The first-order valence-electron chi connectivity index (χ1n) is 6.83. The number of nitrogens with one attached hydrogen (secondary N) is 1. The molecule has 1 aliphatic heterocycles. The van der Waals surface area contributed by atoms with Crippen molar-refractivity contribution in [2.24, 2.45) is 0 Å². The maximum atomic E-state index is 12.1. The van der Waals surface area contributed by atoms with Crippen LogP contribution in [0, 0.1) is 0 Å². The van der Waals surface area contributed by atoms with Crippen molar-refractivity contribution in [2.75, 3.05) is 0 Å². The van der Waals surface area contributed by atoms with E-state index < -0.39 is 0 Å². The molecule has 1 aromatic carbocycles. The first-order chi connectivity index (χ1) is 8.77. The van der Waals surface area contributed by atoms with E-state index in [1.165, 1.54) is 0 Å². The number of benzene rings is 1. The quantitative estimate of drug-likeness (QED) is 0.848. The largest absolute Gasteiger partial charge is 0.459 e. The third kappa shape index (κ3) is 4.50. The number of carbonyl (C=O) groups is 1. The van der Waals surface area contributed by atoms with E-state index in [4.69, 9.17) is 4.74 Å². The highest BCUT2D eigenvalue weighted by Crippen LogP contribution is 2.30. The zero-order chi connectivity index (χ0) is 14.1. The second-order valence-electron chi connectivity index (χ2n) is 6.69. The minimum Gasteiger partial charge on any atom is -0.459 e. The Morgan fingerprint density at radius 1 is 1.10 bits per heavy atom. The number of rotatable bonds is 2. The van der Waals surface area contributed by atoms with E-state index in [0.717, 1.165) is 12.8 Å². The summed E-state index contributed by atoms with van der Waals surface area (Å²) in [5.74, 6) is -0.223. The van der Waals surface area contributed by atoms with Gasteiger partial charge in [-0.1, -0.05) is 18.2 Å². The molecule has 0 unspecified atom stereocenters. The maximum absolute atomic E-state index is 12.1. The lowest BCUT2D eigenvalue weighted by molar-refractivity contribution is -0.00637. The van der Waals surface area contributed by atoms with Crippen LogP contribution in [0.3, 0.4) is 0 Å². The predicted octanol–water partition coefficient (Wildman–Crippen LogP) is 3.57. The number of carbonyl (C=O) groups excluding carboxylic acids is 1. The second-order valence-corrected chi connectivity index (χ2v) is 6.69. The van der Waals surface area contributed by atoms with Crippen LogP contribution in [0.25, 0.3) is 0 Å². The first kappa shape index (κ1) is 17.0. The summed E-state index contributed by atoms with van der Waals surface area (Å²) in [7, 11) is 0. The van der Waals surface area contributed by atoms with Crippen LogP contribution >= 0.6 is 12.4 Å². The summed E-state index contributed by atoms with van der Waals surface area (Å²) >= 11 is 0. The minimum atomic E-state index is -0.223. The number of esters is 1. The summed E-state index contributed by atoms with van der Waals surface area (Å²) in [4.78, 5) is 12.1. The van der Waals surface area contributed by atoms with Gasteiger partial charge in [0.25, 0.3) is 0 Å². The molecule has 0 amide bonds. The van der Waals surface area contributed by atoms with Crippen LogP contribution in [0.2, 0.25) is 0 Å². The Balaban J connectivity index is 0.00000200. The summed E-state index contributed by atoms with van der Waals surface area (Å²) in [6.07, 6.45) is 1.66. The molecule has 0 aromatic heterocycles. The van der Waals surface area contributed by atoms with Crippen LogP contribution < -0.4 is 5.32 Å². The van der Waals surface area contributed by atoms with E-state index in [9.17, 15) is 4.79 Å². The van der Waals surface area contributed by atoms with Crippen molar-refractivity contribution < 1.29 is 9.53 Å². The highest BCUT2D eigenvalue weighted by molar-refractivity contribution is 5.89. The van der Waals surface area contributed by atoms with Crippen molar-refractivity contribution in [1.29, 1.82) is 0 Å². The van der Waals surface area contributed by atoms with Crippen LogP contribution in [0.4, 0.5) is 0 Å². The Labute approximate surface area is 127 Å². The summed E-state index contributed by atoms with van der Waals surface area (Å²) < 4.78 is 5.67. The Kier molecular flexibility index (Phi) is 5.22. The Morgan fingerprint density at radius 2 is 1.60 bits per heavy atom. The van der Waals surface area contributed by atoms with Crippen LogP contribution in [0.15, 0.2) is 30.3 Å². The molecule has 112 valence electrons. The van der Waals surface area contributed by atoms with Crippen molar-refractivity contribution in [3.05, 3.63) is 35.9 Å². The monoisotopic (exact) mass is 297 g/mol. The van der Waals surface area contributed by atoms with Gasteiger partial charge in [0, 0.05) is 23.9 Å². The van der Waals surface area contributed by atoms with Crippen molar-refractivity contribution in [1.82, 2.24) is 5.32 Å². The van der Waals surface area contributed by atoms with E-state index in [1.807, 2.05) is 18.2 Å².